The summed E-state index contributed by atoms with van der Waals surface area (Å²) in [6, 6.07) is 73.1. The van der Waals surface area contributed by atoms with E-state index in [-0.39, 0.29) is 5.41 Å². The zero-order valence-electron chi connectivity index (χ0n) is 35.9. The van der Waals surface area contributed by atoms with Crippen LogP contribution in [0.3, 0.4) is 0 Å². The predicted octanol–water partition coefficient (Wildman–Crippen LogP) is 18.0. The van der Waals surface area contributed by atoms with E-state index in [9.17, 15) is 0 Å². The molecule has 1 nitrogen and oxygen atoms in total. The van der Waals surface area contributed by atoms with Gasteiger partial charge in [-0.05, 0) is 116 Å². The molecule has 0 amide bonds. The van der Waals surface area contributed by atoms with E-state index < -0.39 is 0 Å². The molecule has 1 saturated carbocycles. The van der Waals surface area contributed by atoms with Gasteiger partial charge in [0, 0.05) is 42.4 Å². The molecule has 0 atom stereocenters. The fourth-order valence-corrected chi connectivity index (χ4v) is 12.5. The Kier molecular flexibility index (Phi) is 9.20. The normalized spacial score (nSPS) is 14.6. The lowest BCUT2D eigenvalue weighted by Crippen LogP contribution is -2.14. The fraction of sp³-hybridized carbons (Fsp3) is 0.148. The lowest BCUT2D eigenvalue weighted by atomic mass is 9.80. The second-order valence-electron chi connectivity index (χ2n) is 18.2. The molecule has 0 unspecified atom stereocenters. The molecule has 63 heavy (non-hydrogen) atoms. The molecule has 0 spiro atoms. The van der Waals surface area contributed by atoms with Crippen LogP contribution in [0.25, 0.3) is 75.5 Å². The Morgan fingerprint density at radius 2 is 1.00 bits per heavy atom. The van der Waals surface area contributed by atoms with Gasteiger partial charge in [-0.25, -0.2) is 0 Å². The Hall–Kier alpha value is -6.74. The molecule has 1 aromatic heterocycles. The van der Waals surface area contributed by atoms with E-state index in [4.69, 9.17) is 0 Å². The van der Waals surface area contributed by atoms with E-state index >= 15 is 0 Å². The third kappa shape index (κ3) is 6.18. The maximum absolute atomic E-state index is 2.54. The summed E-state index contributed by atoms with van der Waals surface area (Å²) in [5, 5.41) is 5.35. The highest BCUT2D eigenvalue weighted by molar-refractivity contribution is 7.25. The van der Waals surface area contributed by atoms with E-state index in [0.717, 1.165) is 11.4 Å². The molecule has 304 valence electrons. The number of anilines is 3. The number of para-hydroxylation sites is 2. The van der Waals surface area contributed by atoms with Crippen molar-refractivity contribution in [3.8, 4) is 44.5 Å². The minimum absolute atomic E-state index is 0.0544. The molecular weight excluding hydrogens is 779 g/mol. The summed E-state index contributed by atoms with van der Waals surface area (Å²) < 4.78 is 2.63. The van der Waals surface area contributed by atoms with Crippen LogP contribution in [0.1, 0.15) is 68.6 Å². The van der Waals surface area contributed by atoms with Crippen molar-refractivity contribution in [1.29, 1.82) is 0 Å². The largest absolute Gasteiger partial charge is 0.309 e. The van der Waals surface area contributed by atoms with Crippen LogP contribution in [0.2, 0.25) is 0 Å². The molecule has 12 rings (SSSR count). The van der Waals surface area contributed by atoms with Gasteiger partial charge in [-0.15, -0.1) is 11.3 Å². The number of rotatable bonds is 7. The van der Waals surface area contributed by atoms with Crippen molar-refractivity contribution in [2.24, 2.45) is 0 Å². The van der Waals surface area contributed by atoms with Crippen molar-refractivity contribution in [2.45, 2.75) is 57.3 Å². The first-order chi connectivity index (χ1) is 31.0. The van der Waals surface area contributed by atoms with E-state index in [2.05, 4.69) is 213 Å². The van der Waals surface area contributed by atoms with Gasteiger partial charge in [0.15, 0.2) is 0 Å². The molecule has 1 fully saturated rings. The summed E-state index contributed by atoms with van der Waals surface area (Å²) in [6.45, 7) is 4.73. The Bertz CT molecular complexity index is 3360. The average Bonchev–Trinajstić information content (AvgIpc) is 3.84. The highest BCUT2D eigenvalue weighted by Gasteiger charge is 2.36. The number of fused-ring (bicyclic) bond motifs is 7. The summed E-state index contributed by atoms with van der Waals surface area (Å²) in [5.74, 6) is 0.582. The smallest absolute Gasteiger partial charge is 0.0540 e. The van der Waals surface area contributed by atoms with Crippen LogP contribution in [-0.2, 0) is 5.41 Å². The van der Waals surface area contributed by atoms with Crippen molar-refractivity contribution in [2.75, 3.05) is 4.90 Å². The Labute approximate surface area is 374 Å². The van der Waals surface area contributed by atoms with Gasteiger partial charge in [0.25, 0.3) is 0 Å². The van der Waals surface area contributed by atoms with E-state index in [0.29, 0.717) is 5.92 Å². The summed E-state index contributed by atoms with van der Waals surface area (Å²) in [6.07, 6.45) is 6.48. The topological polar surface area (TPSA) is 3.24 Å². The van der Waals surface area contributed by atoms with Crippen LogP contribution in [0.15, 0.2) is 194 Å². The number of benzene rings is 9. The monoisotopic (exact) mass is 827 g/mol. The highest BCUT2D eigenvalue weighted by atomic mass is 32.1. The van der Waals surface area contributed by atoms with E-state index in [1.807, 2.05) is 11.3 Å². The number of thiophene rings is 1. The minimum atomic E-state index is -0.0544. The van der Waals surface area contributed by atoms with Crippen LogP contribution in [0, 0.1) is 0 Å². The second-order valence-corrected chi connectivity index (χ2v) is 19.3. The molecule has 1 heterocycles. The molecule has 2 aliphatic rings. The number of nitrogens with zero attached hydrogens (tertiary/aromatic N) is 1. The molecular formula is C61H49NS. The summed E-state index contributed by atoms with van der Waals surface area (Å²) in [7, 11) is 0. The van der Waals surface area contributed by atoms with Gasteiger partial charge < -0.3 is 4.90 Å². The first-order valence-electron chi connectivity index (χ1n) is 22.8. The zero-order valence-corrected chi connectivity index (χ0v) is 36.8. The van der Waals surface area contributed by atoms with E-state index in [1.165, 1.54) is 130 Å². The quantitative estimate of drug-likeness (QED) is 0.155. The zero-order chi connectivity index (χ0) is 42.1. The Balaban J connectivity index is 1.08. The van der Waals surface area contributed by atoms with Crippen LogP contribution >= 0.6 is 11.3 Å². The first kappa shape index (κ1) is 38.0. The molecule has 0 saturated heterocycles. The van der Waals surface area contributed by atoms with Crippen molar-refractivity contribution < 1.29 is 0 Å². The minimum Gasteiger partial charge on any atom is -0.309 e. The molecule has 9 aromatic carbocycles. The fourth-order valence-electron chi connectivity index (χ4n) is 11.3. The van der Waals surface area contributed by atoms with Gasteiger partial charge in [0.1, 0.15) is 0 Å². The standard InChI is InChI=1S/C61H49NS/c1-61(2)52-30-10-6-24-50(52)59-45(27-16-31-53(59)61)41-36-38-43(39-37-41)62(55-33-12-8-23-47(55)49-29-17-35-57-60(49)51-25-9-13-34-56(51)63-57)54-32-11-7-22-46(54)48-28-15-21-42-20-14-26-44(58(42)48)40-18-4-3-5-19-40/h6-17,20-40H,3-5,18-19H2,1-2H3. The van der Waals surface area contributed by atoms with Gasteiger partial charge in [0.05, 0.1) is 11.4 Å². The number of hydrogen-bond acceptors (Lipinski definition) is 2. The van der Waals surface area contributed by atoms with E-state index in [1.54, 1.807) is 0 Å². The lowest BCUT2D eigenvalue weighted by Gasteiger charge is -2.31. The van der Waals surface area contributed by atoms with Crippen LogP contribution < -0.4 is 4.90 Å². The van der Waals surface area contributed by atoms with Gasteiger partial charge in [0.2, 0.25) is 0 Å². The molecule has 0 bridgehead atoms. The first-order valence-corrected chi connectivity index (χ1v) is 23.6. The van der Waals surface area contributed by atoms with Gasteiger partial charge in [-0.3, -0.25) is 0 Å². The number of hydrogen-bond donors (Lipinski definition) is 0. The maximum Gasteiger partial charge on any atom is 0.0540 e. The van der Waals surface area contributed by atoms with Crippen LogP contribution in [0.4, 0.5) is 17.1 Å². The Morgan fingerprint density at radius 3 is 1.76 bits per heavy atom. The second kappa shape index (κ2) is 15.3. The predicted molar refractivity (Wildman–Crippen MR) is 271 cm³/mol. The summed E-state index contributed by atoms with van der Waals surface area (Å²) in [5.41, 5.74) is 17.9. The van der Waals surface area contributed by atoms with Crippen molar-refractivity contribution in [1.82, 2.24) is 0 Å². The molecule has 10 aromatic rings. The van der Waals surface area contributed by atoms with Crippen molar-refractivity contribution in [3.63, 3.8) is 0 Å². The molecule has 0 radical (unpaired) electrons. The molecule has 2 heteroatoms. The van der Waals surface area contributed by atoms with Gasteiger partial charge in [-0.2, -0.15) is 0 Å². The highest BCUT2D eigenvalue weighted by Crippen LogP contribution is 2.53. The third-order valence-corrected chi connectivity index (χ3v) is 15.4. The molecule has 0 N–H and O–H groups in total. The summed E-state index contributed by atoms with van der Waals surface area (Å²) in [4.78, 5) is 2.54. The Morgan fingerprint density at radius 1 is 0.444 bits per heavy atom. The van der Waals surface area contributed by atoms with Crippen LogP contribution in [-0.4, -0.2) is 0 Å². The SMILES string of the molecule is CC1(C)c2ccccc2-c2c(-c3ccc(N(c4ccccc4-c4cccc5cccc(C6CCCCC6)c45)c4ccccc4-c4cccc5sc6ccccc6c45)cc3)cccc21. The van der Waals surface area contributed by atoms with Crippen molar-refractivity contribution in [3.05, 3.63) is 211 Å². The maximum atomic E-state index is 2.54. The average molecular weight is 828 g/mol. The molecule has 2 aliphatic carbocycles. The van der Waals surface area contributed by atoms with Crippen LogP contribution in [0.5, 0.6) is 0 Å². The summed E-state index contributed by atoms with van der Waals surface area (Å²) >= 11 is 1.88. The lowest BCUT2D eigenvalue weighted by molar-refractivity contribution is 0.445. The van der Waals surface area contributed by atoms with Gasteiger partial charge in [-0.1, -0.05) is 191 Å². The molecule has 0 aliphatic heterocycles. The van der Waals surface area contributed by atoms with Gasteiger partial charge >= 0.3 is 0 Å². The third-order valence-electron chi connectivity index (χ3n) is 14.3. The van der Waals surface area contributed by atoms with Crippen molar-refractivity contribution >= 4 is 59.3 Å².